The van der Waals surface area contributed by atoms with E-state index >= 15 is 0 Å². The smallest absolute Gasteiger partial charge is 0.0722 e. The molecule has 1 aliphatic rings. The van der Waals surface area contributed by atoms with Crippen molar-refractivity contribution in [2.24, 2.45) is 5.73 Å². The maximum atomic E-state index is 6.25. The molecule has 1 saturated heterocycles. The van der Waals surface area contributed by atoms with Crippen molar-refractivity contribution in [3.8, 4) is 0 Å². The van der Waals surface area contributed by atoms with Crippen LogP contribution in [-0.4, -0.2) is 32.3 Å². The molecule has 2 rings (SSSR count). The van der Waals surface area contributed by atoms with Gasteiger partial charge in [-0.05, 0) is 37.6 Å². The first-order chi connectivity index (χ1) is 8.20. The van der Waals surface area contributed by atoms with Gasteiger partial charge >= 0.3 is 0 Å². The van der Waals surface area contributed by atoms with Gasteiger partial charge in [-0.15, -0.1) is 0 Å². The zero-order chi connectivity index (χ0) is 12.3. The summed E-state index contributed by atoms with van der Waals surface area (Å²) in [6.45, 7) is 5.36. The maximum absolute atomic E-state index is 6.25. The van der Waals surface area contributed by atoms with Crippen molar-refractivity contribution in [3.05, 3.63) is 28.8 Å². The van der Waals surface area contributed by atoms with Crippen LogP contribution in [0.4, 0.5) is 5.69 Å². The molecule has 4 heteroatoms. The highest BCUT2D eigenvalue weighted by Gasteiger charge is 2.17. The van der Waals surface area contributed by atoms with Gasteiger partial charge in [0.2, 0.25) is 0 Å². The van der Waals surface area contributed by atoms with Gasteiger partial charge in [-0.1, -0.05) is 17.7 Å². The van der Waals surface area contributed by atoms with E-state index in [2.05, 4.69) is 24.0 Å². The van der Waals surface area contributed by atoms with Crippen molar-refractivity contribution < 1.29 is 4.74 Å². The average molecular weight is 255 g/mol. The molecule has 1 unspecified atom stereocenters. The molecule has 0 spiro atoms. The standard InChI is InChI=1S/C13H19ClN2O/c1-10-9-16(6-7-17-10)12-3-2-11(4-5-15)13(14)8-12/h2-3,8,10H,4-7,9,15H2,1H3. The maximum Gasteiger partial charge on any atom is 0.0722 e. The summed E-state index contributed by atoms with van der Waals surface area (Å²) in [6.07, 6.45) is 1.12. The molecule has 1 aromatic carbocycles. The molecule has 1 atom stereocenters. The Morgan fingerprint density at radius 1 is 1.53 bits per heavy atom. The zero-order valence-electron chi connectivity index (χ0n) is 10.2. The topological polar surface area (TPSA) is 38.5 Å². The van der Waals surface area contributed by atoms with Crippen LogP contribution in [0.1, 0.15) is 12.5 Å². The van der Waals surface area contributed by atoms with E-state index in [1.165, 1.54) is 5.69 Å². The summed E-state index contributed by atoms with van der Waals surface area (Å²) in [6, 6.07) is 6.23. The third-order valence-corrected chi connectivity index (χ3v) is 3.41. The average Bonchev–Trinajstić information content (AvgIpc) is 2.32. The van der Waals surface area contributed by atoms with Gasteiger partial charge in [0.15, 0.2) is 0 Å². The Kier molecular flexibility index (Phi) is 4.26. The second kappa shape index (κ2) is 5.71. The number of morpholine rings is 1. The molecule has 17 heavy (non-hydrogen) atoms. The van der Waals surface area contributed by atoms with Crippen molar-refractivity contribution >= 4 is 17.3 Å². The Morgan fingerprint density at radius 3 is 3.00 bits per heavy atom. The molecule has 0 radical (unpaired) electrons. The van der Waals surface area contributed by atoms with E-state index in [1.54, 1.807) is 0 Å². The molecule has 1 fully saturated rings. The molecule has 1 aliphatic heterocycles. The highest BCUT2D eigenvalue weighted by atomic mass is 35.5. The summed E-state index contributed by atoms with van der Waals surface area (Å²) in [5.41, 5.74) is 7.84. The lowest BCUT2D eigenvalue weighted by atomic mass is 10.1. The molecule has 94 valence electrons. The monoisotopic (exact) mass is 254 g/mol. The van der Waals surface area contributed by atoms with Gasteiger partial charge in [0.25, 0.3) is 0 Å². The number of hydrogen-bond acceptors (Lipinski definition) is 3. The van der Waals surface area contributed by atoms with Gasteiger partial charge < -0.3 is 15.4 Å². The van der Waals surface area contributed by atoms with Crippen molar-refractivity contribution in [3.63, 3.8) is 0 Å². The minimum absolute atomic E-state index is 0.284. The van der Waals surface area contributed by atoms with Gasteiger partial charge in [-0.2, -0.15) is 0 Å². The van der Waals surface area contributed by atoms with Crippen molar-refractivity contribution in [2.45, 2.75) is 19.4 Å². The summed E-state index contributed by atoms with van der Waals surface area (Å²) in [7, 11) is 0. The van der Waals surface area contributed by atoms with Crippen molar-refractivity contribution in [1.82, 2.24) is 0 Å². The fourth-order valence-electron chi connectivity index (χ4n) is 2.14. The molecule has 0 saturated carbocycles. The number of halogens is 1. The fourth-order valence-corrected chi connectivity index (χ4v) is 2.41. The molecule has 2 N–H and O–H groups in total. The third kappa shape index (κ3) is 3.12. The lowest BCUT2D eigenvalue weighted by molar-refractivity contribution is 0.0532. The zero-order valence-corrected chi connectivity index (χ0v) is 10.9. The van der Waals surface area contributed by atoms with E-state index in [0.29, 0.717) is 6.54 Å². The highest BCUT2D eigenvalue weighted by Crippen LogP contribution is 2.25. The Morgan fingerprint density at radius 2 is 2.35 bits per heavy atom. The number of nitrogens with zero attached hydrogens (tertiary/aromatic N) is 1. The molecule has 3 nitrogen and oxygen atoms in total. The van der Waals surface area contributed by atoms with E-state index in [0.717, 1.165) is 36.7 Å². The summed E-state index contributed by atoms with van der Waals surface area (Å²) in [4.78, 5) is 2.31. The number of hydrogen-bond donors (Lipinski definition) is 1. The van der Waals surface area contributed by atoms with Crippen LogP contribution in [0.5, 0.6) is 0 Å². The molecule has 0 aliphatic carbocycles. The van der Waals surface area contributed by atoms with Gasteiger partial charge in [0, 0.05) is 23.8 Å². The second-order valence-electron chi connectivity index (χ2n) is 4.44. The lowest BCUT2D eigenvalue weighted by Crippen LogP contribution is -2.41. The van der Waals surface area contributed by atoms with Crippen LogP contribution in [0.15, 0.2) is 18.2 Å². The normalized spacial score (nSPS) is 20.6. The SMILES string of the molecule is CC1CN(c2ccc(CCN)c(Cl)c2)CCO1. The van der Waals surface area contributed by atoms with Gasteiger partial charge in [0.05, 0.1) is 12.7 Å². The number of ether oxygens (including phenoxy) is 1. The summed E-state index contributed by atoms with van der Waals surface area (Å²) in [5.74, 6) is 0. The van der Waals surface area contributed by atoms with Gasteiger partial charge in [0.1, 0.15) is 0 Å². The second-order valence-corrected chi connectivity index (χ2v) is 4.85. The Balaban J connectivity index is 2.13. The first-order valence-electron chi connectivity index (χ1n) is 6.05. The van der Waals surface area contributed by atoms with E-state index in [9.17, 15) is 0 Å². The van der Waals surface area contributed by atoms with E-state index in [-0.39, 0.29) is 6.10 Å². The quantitative estimate of drug-likeness (QED) is 0.898. The molecule has 1 heterocycles. The van der Waals surface area contributed by atoms with E-state index < -0.39 is 0 Å². The van der Waals surface area contributed by atoms with Crippen LogP contribution in [0.25, 0.3) is 0 Å². The molecular formula is C13H19ClN2O. The van der Waals surface area contributed by atoms with E-state index in [1.807, 2.05) is 6.07 Å². The Hall–Kier alpha value is -0.770. The van der Waals surface area contributed by atoms with Crippen LogP contribution in [0, 0.1) is 0 Å². The lowest BCUT2D eigenvalue weighted by Gasteiger charge is -2.33. The summed E-state index contributed by atoms with van der Waals surface area (Å²) >= 11 is 6.25. The number of nitrogens with two attached hydrogens (primary N) is 1. The summed E-state index contributed by atoms with van der Waals surface area (Å²) in [5, 5.41) is 0.812. The fraction of sp³-hybridized carbons (Fsp3) is 0.538. The van der Waals surface area contributed by atoms with Gasteiger partial charge in [-0.3, -0.25) is 0 Å². The predicted octanol–water partition coefficient (Wildman–Crippen LogP) is 2.07. The van der Waals surface area contributed by atoms with Crippen molar-refractivity contribution in [1.29, 1.82) is 0 Å². The minimum atomic E-state index is 0.284. The summed E-state index contributed by atoms with van der Waals surface area (Å²) < 4.78 is 5.53. The number of benzene rings is 1. The Bertz CT molecular complexity index is 384. The third-order valence-electron chi connectivity index (χ3n) is 3.06. The molecule has 0 aromatic heterocycles. The molecular weight excluding hydrogens is 236 g/mol. The van der Waals surface area contributed by atoms with Crippen molar-refractivity contribution in [2.75, 3.05) is 31.1 Å². The number of anilines is 1. The molecule has 0 bridgehead atoms. The molecule has 1 aromatic rings. The Labute approximate surface area is 107 Å². The van der Waals surface area contributed by atoms with Crippen LogP contribution >= 0.6 is 11.6 Å². The van der Waals surface area contributed by atoms with E-state index in [4.69, 9.17) is 22.1 Å². The molecule has 0 amide bonds. The largest absolute Gasteiger partial charge is 0.375 e. The first-order valence-corrected chi connectivity index (χ1v) is 6.43. The van der Waals surface area contributed by atoms with Crippen LogP contribution < -0.4 is 10.6 Å². The van der Waals surface area contributed by atoms with Crippen LogP contribution in [0.3, 0.4) is 0 Å². The van der Waals surface area contributed by atoms with Gasteiger partial charge in [-0.25, -0.2) is 0 Å². The van der Waals surface area contributed by atoms with Crippen LogP contribution in [0.2, 0.25) is 5.02 Å². The first kappa shape index (κ1) is 12.7. The predicted molar refractivity (Wildman–Crippen MR) is 71.8 cm³/mol. The van der Waals surface area contributed by atoms with Crippen LogP contribution in [-0.2, 0) is 11.2 Å². The highest BCUT2D eigenvalue weighted by molar-refractivity contribution is 6.31. The minimum Gasteiger partial charge on any atom is -0.375 e. The number of rotatable bonds is 3.